The van der Waals surface area contributed by atoms with Crippen molar-refractivity contribution in [2.45, 2.75) is 65.2 Å². The number of ketones is 2. The second kappa shape index (κ2) is 24.4. The number of anilines is 2. The lowest BCUT2D eigenvalue weighted by atomic mass is 9.98. The zero-order chi connectivity index (χ0) is 55.0. The van der Waals surface area contributed by atoms with E-state index in [1.54, 1.807) is 39.6 Å². The summed E-state index contributed by atoms with van der Waals surface area (Å²) in [5.74, 6) is 0.207. The van der Waals surface area contributed by atoms with Crippen LogP contribution in [0.1, 0.15) is 83.2 Å². The Morgan fingerprint density at radius 3 is 1.58 bits per heavy atom. The fraction of sp³-hybridized carbons (Fsp3) is 0.296. The average Bonchev–Trinajstić information content (AvgIpc) is 4.32. The average molecular weight is 1160 g/mol. The monoisotopic (exact) mass is 1160 g/mol. The lowest BCUT2D eigenvalue weighted by Gasteiger charge is -2.12. The number of benzene rings is 4. The van der Waals surface area contributed by atoms with Crippen molar-refractivity contribution in [3.05, 3.63) is 148 Å². The Morgan fingerprint density at radius 2 is 1.14 bits per heavy atom. The quantitative estimate of drug-likeness (QED) is 0.0270. The lowest BCUT2D eigenvalue weighted by molar-refractivity contribution is 0.0967. The molecule has 23 heteroatoms. The molecule has 77 heavy (non-hydrogen) atoms. The first-order chi connectivity index (χ1) is 36.7. The first-order valence-corrected chi connectivity index (χ1v) is 28.6. The van der Waals surface area contributed by atoms with Gasteiger partial charge in [0.1, 0.15) is 27.7 Å². The van der Waals surface area contributed by atoms with Crippen molar-refractivity contribution in [3.8, 4) is 39.9 Å². The van der Waals surface area contributed by atoms with Gasteiger partial charge in [-0.25, -0.2) is 27.8 Å². The summed E-state index contributed by atoms with van der Waals surface area (Å²) in [7, 11) is -8.07. The molecule has 0 radical (unpaired) electrons. The molecule has 0 spiro atoms. The largest absolute Gasteiger partial charge is 0.508 e. The highest BCUT2D eigenvalue weighted by Gasteiger charge is 2.27. The highest BCUT2D eigenvalue weighted by atomic mass is 79.9. The highest BCUT2D eigenvalue weighted by molar-refractivity contribution is 9.10. The Labute approximate surface area is 451 Å². The van der Waals surface area contributed by atoms with Crippen LogP contribution in [0.4, 0.5) is 20.2 Å². The van der Waals surface area contributed by atoms with Crippen LogP contribution in [-0.2, 0) is 20.2 Å². The van der Waals surface area contributed by atoms with E-state index in [9.17, 15) is 35.2 Å². The predicted octanol–water partition coefficient (Wildman–Crippen LogP) is 11.0. The summed E-state index contributed by atoms with van der Waals surface area (Å²) in [6.45, 7) is 4.43. The Balaban J connectivity index is 0.000000180. The van der Waals surface area contributed by atoms with E-state index in [0.717, 1.165) is 65.3 Å². The van der Waals surface area contributed by atoms with Crippen LogP contribution in [-0.4, -0.2) is 96.4 Å². The molecule has 0 bridgehead atoms. The molecule has 10 rings (SSSR count). The number of nitrogens with zero attached hydrogens (tertiary/aromatic N) is 6. The van der Waals surface area contributed by atoms with Crippen molar-refractivity contribution < 1.29 is 54.2 Å². The standard InChI is InChI=1S/C27H27FN4O5S.C21H23BrN4O4S.C6H5FO/c1-17-12-19(8-9-22(17)25(33)13-18-6-7-18)24-16-30-27-23(29-10-3-11-38(34,35)36)15-26(31-32(24)27)37-21-5-2-4-20(28)14-21;1-13-9-15(5-6-16(13)19(27)10-14-3-4-14)18-12-24-21-17(11-20(22)25-26(18)21)23-7-2-8-31(28,29)30;7-5-2-1-3-6(8)4-5/h2,4-5,8-9,12,14-16,18,29H,3,6-7,10-11,13H2,1H3,(H,34,35,36);5-6,9,11-12,14,23H,2-4,7-8,10H2,1H3,(H,28,29,30);1-4,8H. The van der Waals surface area contributed by atoms with Gasteiger partial charge in [0.05, 0.1) is 46.7 Å². The zero-order valence-corrected chi connectivity index (χ0v) is 45.1. The molecule has 2 aliphatic carbocycles. The Hall–Kier alpha value is -7.18. The van der Waals surface area contributed by atoms with Gasteiger partial charge in [0.15, 0.2) is 22.9 Å². The van der Waals surface area contributed by atoms with E-state index in [-0.39, 0.29) is 54.1 Å². The number of carbonyl (C=O) groups excluding carboxylic acids is 2. The van der Waals surface area contributed by atoms with E-state index < -0.39 is 37.6 Å². The van der Waals surface area contributed by atoms with Crippen LogP contribution >= 0.6 is 15.9 Å². The molecule has 0 atom stereocenters. The Morgan fingerprint density at radius 1 is 0.662 bits per heavy atom. The smallest absolute Gasteiger partial charge is 0.264 e. The molecule has 404 valence electrons. The van der Waals surface area contributed by atoms with Gasteiger partial charge in [0.2, 0.25) is 5.88 Å². The van der Waals surface area contributed by atoms with Gasteiger partial charge in [-0.3, -0.25) is 18.7 Å². The number of imidazole rings is 2. The zero-order valence-electron chi connectivity index (χ0n) is 41.9. The number of Topliss-reactive ketones (excluding diaryl/α,β-unsaturated/α-hetero) is 2. The highest BCUT2D eigenvalue weighted by Crippen LogP contribution is 2.36. The summed E-state index contributed by atoms with van der Waals surface area (Å²) in [6, 6.07) is 25.6. The van der Waals surface area contributed by atoms with E-state index in [2.05, 4.69) is 46.7 Å². The molecule has 4 aromatic heterocycles. The predicted molar refractivity (Wildman–Crippen MR) is 291 cm³/mol. The van der Waals surface area contributed by atoms with Crippen molar-refractivity contribution >= 4 is 70.4 Å². The molecule has 8 aromatic rings. The maximum Gasteiger partial charge on any atom is 0.264 e. The normalized spacial score (nSPS) is 13.3. The van der Waals surface area contributed by atoms with Gasteiger partial charge in [0.25, 0.3) is 20.2 Å². The molecule has 2 aliphatic rings. The maximum atomic E-state index is 13.7. The van der Waals surface area contributed by atoms with Gasteiger partial charge in [-0.2, -0.15) is 21.9 Å². The van der Waals surface area contributed by atoms with Gasteiger partial charge in [-0.05, 0) is 134 Å². The number of halogens is 3. The minimum absolute atomic E-state index is 0.0370. The molecule has 0 aliphatic heterocycles. The number of phenols is 1. The molecular weight excluding hydrogens is 1100 g/mol. The number of aromatic nitrogens is 6. The van der Waals surface area contributed by atoms with Crippen LogP contribution in [0.2, 0.25) is 0 Å². The summed E-state index contributed by atoms with van der Waals surface area (Å²) in [5, 5.41) is 23.9. The van der Waals surface area contributed by atoms with Crippen molar-refractivity contribution in [1.82, 2.24) is 29.2 Å². The van der Waals surface area contributed by atoms with E-state index in [1.165, 1.54) is 36.4 Å². The summed E-state index contributed by atoms with van der Waals surface area (Å²) in [5.41, 5.74) is 8.64. The third kappa shape index (κ3) is 15.9. The van der Waals surface area contributed by atoms with Crippen molar-refractivity contribution in [1.29, 1.82) is 0 Å². The number of ether oxygens (including phenoxy) is 1. The molecule has 0 unspecified atom stereocenters. The molecule has 5 N–H and O–H groups in total. The molecule has 2 fully saturated rings. The fourth-order valence-corrected chi connectivity index (χ4v) is 9.74. The number of hydrogen-bond donors (Lipinski definition) is 5. The van der Waals surface area contributed by atoms with E-state index in [4.69, 9.17) is 18.9 Å². The summed E-state index contributed by atoms with van der Waals surface area (Å²) in [4.78, 5) is 34.2. The summed E-state index contributed by atoms with van der Waals surface area (Å²) >= 11 is 3.41. The number of carbonyl (C=O) groups is 2. The molecule has 18 nitrogen and oxygen atoms in total. The van der Waals surface area contributed by atoms with Crippen LogP contribution in [0.15, 0.2) is 114 Å². The molecule has 0 amide bonds. The third-order valence-corrected chi connectivity index (χ3v) is 14.5. The first kappa shape index (κ1) is 56.0. The van der Waals surface area contributed by atoms with Gasteiger partial charge in [0, 0.05) is 66.4 Å². The molecule has 0 saturated heterocycles. The molecule has 4 heterocycles. The number of aromatic hydroxyl groups is 1. The van der Waals surface area contributed by atoms with Crippen molar-refractivity contribution in [2.75, 3.05) is 35.2 Å². The summed E-state index contributed by atoms with van der Waals surface area (Å²) < 4.78 is 97.3. The van der Waals surface area contributed by atoms with Crippen molar-refractivity contribution in [3.63, 3.8) is 0 Å². The minimum atomic E-state index is -4.08. The molecule has 4 aromatic carbocycles. The Kier molecular flexibility index (Phi) is 17.8. The van der Waals surface area contributed by atoms with Gasteiger partial charge >= 0.3 is 0 Å². The number of aryl methyl sites for hydroxylation is 2. The number of fused-ring (bicyclic) bond motifs is 2. The first-order valence-electron chi connectivity index (χ1n) is 24.6. The maximum absolute atomic E-state index is 13.7. The van der Waals surface area contributed by atoms with Gasteiger partial charge < -0.3 is 20.5 Å². The number of phenolic OH excluding ortho intramolecular Hbond substituents is 1. The van der Waals surface area contributed by atoms with Crippen LogP contribution in [0.5, 0.6) is 17.4 Å². The number of hydrogen-bond acceptors (Lipinski definition) is 14. The van der Waals surface area contributed by atoms with E-state index in [1.807, 2.05) is 50.2 Å². The number of nitrogens with one attached hydrogen (secondary N) is 2. The second-order valence-corrected chi connectivity index (χ2v) is 22.9. The van der Waals surface area contributed by atoms with Gasteiger partial charge in [-0.1, -0.05) is 36.4 Å². The van der Waals surface area contributed by atoms with Crippen LogP contribution in [0.3, 0.4) is 0 Å². The lowest BCUT2D eigenvalue weighted by Crippen LogP contribution is -2.11. The third-order valence-electron chi connectivity index (χ3n) is 12.5. The van der Waals surface area contributed by atoms with E-state index in [0.29, 0.717) is 69.8 Å². The SMILES string of the molecule is Cc1cc(-c2cnc3c(NCCCS(=O)(=O)O)cc(Br)nn23)ccc1C(=O)CC1CC1.Cc1cc(-c2cnc3c(NCCCS(=O)(=O)O)cc(Oc4cccc(F)c4)nn23)ccc1C(=O)CC1CC1.Oc1cccc(F)c1. The Bertz CT molecular complexity index is 3680. The van der Waals surface area contributed by atoms with Crippen molar-refractivity contribution in [2.24, 2.45) is 11.8 Å². The fourth-order valence-electron chi connectivity index (χ4n) is 8.33. The summed E-state index contributed by atoms with van der Waals surface area (Å²) in [6.07, 6.45) is 9.52. The van der Waals surface area contributed by atoms with Gasteiger partial charge in [-0.15, -0.1) is 5.10 Å². The van der Waals surface area contributed by atoms with Crippen LogP contribution in [0, 0.1) is 37.3 Å². The number of rotatable bonds is 20. The van der Waals surface area contributed by atoms with Crippen LogP contribution < -0.4 is 15.4 Å². The minimum Gasteiger partial charge on any atom is -0.508 e. The van der Waals surface area contributed by atoms with E-state index >= 15 is 0 Å². The topological polar surface area (TPSA) is 257 Å². The second-order valence-electron chi connectivity index (χ2n) is 18.9. The molecule has 2 saturated carbocycles. The molecular formula is C54H55BrF2N8O10S2. The van der Waals surface area contributed by atoms with Crippen LogP contribution in [0.25, 0.3) is 33.8 Å².